The van der Waals surface area contributed by atoms with Crippen LogP contribution in [0.3, 0.4) is 0 Å². The maximum atomic E-state index is 12.6. The van der Waals surface area contributed by atoms with Crippen molar-refractivity contribution in [3.63, 3.8) is 0 Å². The first-order chi connectivity index (χ1) is 14.6. The first-order valence-electron chi connectivity index (χ1n) is 8.91. The fraction of sp³-hybridized carbons (Fsp3) is 0. The van der Waals surface area contributed by atoms with Gasteiger partial charge in [0.05, 0.1) is 16.8 Å². The van der Waals surface area contributed by atoms with Gasteiger partial charge in [0.1, 0.15) is 22.4 Å². The molecule has 0 aliphatic carbocycles. The van der Waals surface area contributed by atoms with Gasteiger partial charge in [-0.3, -0.25) is 0 Å². The predicted octanol–water partition coefficient (Wildman–Crippen LogP) is 6.49. The second-order valence-corrected chi connectivity index (χ2v) is 8.14. The zero-order valence-corrected chi connectivity index (χ0v) is 17.7. The predicted molar refractivity (Wildman–Crippen MR) is 121 cm³/mol. The maximum absolute atomic E-state index is 12.6. The van der Waals surface area contributed by atoms with E-state index in [1.807, 2.05) is 36.4 Å². The van der Waals surface area contributed by atoms with Gasteiger partial charge in [-0.25, -0.2) is 9.78 Å². The van der Waals surface area contributed by atoms with Crippen LogP contribution in [0.15, 0.2) is 78.3 Å². The highest BCUT2D eigenvalue weighted by Crippen LogP contribution is 2.30. The molecule has 0 unspecified atom stereocenters. The maximum Gasteiger partial charge on any atom is 0.345 e. The molecule has 2 aromatic carbocycles. The molecule has 3 heterocycles. The standard InChI is InChI=1S/C23H11BrN2O3S/c24-21-8-6-15(28-21)9-14(11-25)22-26-19(12-30-22)18-10-17-16-4-2-1-3-13(16)5-7-20(17)29-23(18)27/h1-10,12H. The van der Waals surface area contributed by atoms with E-state index < -0.39 is 5.63 Å². The molecule has 7 heteroatoms. The summed E-state index contributed by atoms with van der Waals surface area (Å²) in [5.74, 6) is 0.534. The van der Waals surface area contributed by atoms with Crippen LogP contribution in [-0.2, 0) is 0 Å². The second kappa shape index (κ2) is 7.41. The summed E-state index contributed by atoms with van der Waals surface area (Å²) >= 11 is 4.53. The molecule has 0 saturated carbocycles. The smallest absolute Gasteiger partial charge is 0.345 e. The Morgan fingerprint density at radius 3 is 2.77 bits per heavy atom. The van der Waals surface area contributed by atoms with Crippen LogP contribution in [0.4, 0.5) is 0 Å². The van der Waals surface area contributed by atoms with E-state index in [1.54, 1.807) is 29.7 Å². The normalized spacial score (nSPS) is 11.8. The van der Waals surface area contributed by atoms with Crippen molar-refractivity contribution >= 4 is 60.7 Å². The Bertz CT molecular complexity index is 1550. The third-order valence-corrected chi connectivity index (χ3v) is 5.96. The lowest BCUT2D eigenvalue weighted by Crippen LogP contribution is -2.03. The molecular formula is C23H11BrN2O3S. The van der Waals surface area contributed by atoms with Gasteiger partial charge in [0, 0.05) is 16.8 Å². The van der Waals surface area contributed by atoms with Gasteiger partial charge in [-0.2, -0.15) is 5.26 Å². The van der Waals surface area contributed by atoms with E-state index in [4.69, 9.17) is 8.83 Å². The lowest BCUT2D eigenvalue weighted by molar-refractivity contribution is 0.532. The topological polar surface area (TPSA) is 80.0 Å². The van der Waals surface area contributed by atoms with Crippen LogP contribution in [0.2, 0.25) is 0 Å². The number of hydrogen-bond donors (Lipinski definition) is 0. The molecule has 0 bridgehead atoms. The molecule has 5 nitrogen and oxygen atoms in total. The summed E-state index contributed by atoms with van der Waals surface area (Å²) in [5, 5.41) is 14.7. The van der Waals surface area contributed by atoms with Crippen LogP contribution >= 0.6 is 27.3 Å². The molecule has 0 spiro atoms. The molecule has 3 aromatic heterocycles. The largest absolute Gasteiger partial charge is 0.450 e. The SMILES string of the molecule is N#CC(=Cc1ccc(Br)o1)c1nc(-c2cc3c(ccc4ccccc43)oc2=O)cs1. The Morgan fingerprint density at radius 1 is 1.10 bits per heavy atom. The quantitative estimate of drug-likeness (QED) is 0.169. The molecule has 5 rings (SSSR count). The van der Waals surface area contributed by atoms with E-state index in [0.717, 1.165) is 16.2 Å². The summed E-state index contributed by atoms with van der Waals surface area (Å²) in [6.07, 6.45) is 1.61. The number of thiazole rings is 1. The van der Waals surface area contributed by atoms with Crippen LogP contribution in [0.1, 0.15) is 10.8 Å². The summed E-state index contributed by atoms with van der Waals surface area (Å²) in [5.41, 5.74) is 1.24. The van der Waals surface area contributed by atoms with E-state index in [-0.39, 0.29) is 0 Å². The molecule has 0 atom stereocenters. The Balaban J connectivity index is 1.63. The van der Waals surface area contributed by atoms with E-state index in [0.29, 0.717) is 37.9 Å². The van der Waals surface area contributed by atoms with Crippen LogP contribution in [-0.4, -0.2) is 4.98 Å². The van der Waals surface area contributed by atoms with Crippen molar-refractivity contribution in [2.24, 2.45) is 0 Å². The zero-order valence-electron chi connectivity index (χ0n) is 15.3. The van der Waals surface area contributed by atoms with Crippen molar-refractivity contribution in [1.82, 2.24) is 4.98 Å². The third-order valence-electron chi connectivity index (χ3n) is 4.65. The summed E-state index contributed by atoms with van der Waals surface area (Å²) in [4.78, 5) is 17.1. The van der Waals surface area contributed by atoms with Gasteiger partial charge in [0.15, 0.2) is 4.67 Å². The molecule has 144 valence electrons. The highest BCUT2D eigenvalue weighted by Gasteiger charge is 2.15. The zero-order chi connectivity index (χ0) is 20.7. The van der Waals surface area contributed by atoms with Gasteiger partial charge >= 0.3 is 5.63 Å². The second-order valence-electron chi connectivity index (χ2n) is 6.50. The Hall–Kier alpha value is -3.47. The summed E-state index contributed by atoms with van der Waals surface area (Å²) in [7, 11) is 0. The number of fused-ring (bicyclic) bond motifs is 3. The van der Waals surface area contributed by atoms with Gasteiger partial charge in [0.2, 0.25) is 0 Å². The summed E-state index contributed by atoms with van der Waals surface area (Å²) in [6, 6.07) is 19.1. The minimum absolute atomic E-state index is 0.351. The first-order valence-corrected chi connectivity index (χ1v) is 10.6. The average Bonchev–Trinajstić information content (AvgIpc) is 3.40. The summed E-state index contributed by atoms with van der Waals surface area (Å²) in [6.45, 7) is 0. The number of rotatable bonds is 3. The molecule has 0 fully saturated rings. The van der Waals surface area contributed by atoms with Crippen LogP contribution in [0.25, 0.3) is 44.6 Å². The average molecular weight is 475 g/mol. The van der Waals surface area contributed by atoms with E-state index >= 15 is 0 Å². The number of halogens is 1. The minimum Gasteiger partial charge on any atom is -0.450 e. The fourth-order valence-electron chi connectivity index (χ4n) is 3.26. The van der Waals surface area contributed by atoms with E-state index in [2.05, 4.69) is 27.0 Å². The van der Waals surface area contributed by atoms with Crippen LogP contribution in [0, 0.1) is 11.3 Å². The third kappa shape index (κ3) is 3.26. The molecule has 0 amide bonds. The van der Waals surface area contributed by atoms with E-state index in [9.17, 15) is 10.1 Å². The fourth-order valence-corrected chi connectivity index (χ4v) is 4.37. The first kappa shape index (κ1) is 18.6. The van der Waals surface area contributed by atoms with Crippen molar-refractivity contribution in [2.75, 3.05) is 0 Å². The number of hydrogen-bond acceptors (Lipinski definition) is 6. The molecule has 0 aliphatic heterocycles. The molecule has 0 radical (unpaired) electrons. The van der Waals surface area contributed by atoms with Gasteiger partial charge in [-0.1, -0.05) is 30.3 Å². The molecule has 0 aliphatic rings. The molecule has 0 N–H and O–H groups in total. The van der Waals surface area contributed by atoms with Gasteiger partial charge < -0.3 is 8.83 Å². The number of benzene rings is 2. The van der Waals surface area contributed by atoms with Gasteiger partial charge in [-0.05, 0) is 51.0 Å². The van der Waals surface area contributed by atoms with Gasteiger partial charge in [0.25, 0.3) is 0 Å². The number of nitriles is 1. The number of furan rings is 1. The Kier molecular flexibility index (Phi) is 4.58. The lowest BCUT2D eigenvalue weighted by Gasteiger charge is -2.04. The highest BCUT2D eigenvalue weighted by atomic mass is 79.9. The number of nitrogens with zero attached hydrogens (tertiary/aromatic N) is 2. The number of allylic oxidation sites excluding steroid dienone is 1. The van der Waals surface area contributed by atoms with Crippen molar-refractivity contribution < 1.29 is 8.83 Å². The lowest BCUT2D eigenvalue weighted by atomic mass is 10.0. The number of aromatic nitrogens is 1. The van der Waals surface area contributed by atoms with Crippen molar-refractivity contribution in [1.29, 1.82) is 5.26 Å². The monoisotopic (exact) mass is 474 g/mol. The minimum atomic E-state index is -0.466. The molecular weight excluding hydrogens is 464 g/mol. The molecule has 0 saturated heterocycles. The van der Waals surface area contributed by atoms with Gasteiger partial charge in [-0.15, -0.1) is 11.3 Å². The summed E-state index contributed by atoms with van der Waals surface area (Å²) < 4.78 is 11.6. The van der Waals surface area contributed by atoms with Crippen molar-refractivity contribution in [2.45, 2.75) is 0 Å². The van der Waals surface area contributed by atoms with Crippen molar-refractivity contribution in [3.05, 3.63) is 85.8 Å². The van der Waals surface area contributed by atoms with Crippen molar-refractivity contribution in [3.8, 4) is 17.3 Å². The Labute approximate surface area is 182 Å². The highest BCUT2D eigenvalue weighted by molar-refractivity contribution is 9.10. The molecule has 30 heavy (non-hydrogen) atoms. The molecule has 5 aromatic rings. The van der Waals surface area contributed by atoms with E-state index in [1.165, 1.54) is 11.3 Å². The van der Waals surface area contributed by atoms with Crippen LogP contribution in [0.5, 0.6) is 0 Å². The Morgan fingerprint density at radius 2 is 1.97 bits per heavy atom. The van der Waals surface area contributed by atoms with Crippen LogP contribution < -0.4 is 5.63 Å².